The number of hydrogen-bond acceptors (Lipinski definition) is 2. The third-order valence-corrected chi connectivity index (χ3v) is 4.77. The van der Waals surface area contributed by atoms with E-state index in [0.29, 0.717) is 12.3 Å². The summed E-state index contributed by atoms with van der Waals surface area (Å²) < 4.78 is 5.23. The van der Waals surface area contributed by atoms with E-state index < -0.39 is 0 Å². The third kappa shape index (κ3) is 5.91. The monoisotopic (exact) mass is 353 g/mol. The SMILES string of the molecule is COc1ccc([C@@H](CC(C)C)NC(=O)CCc2ccc(C)c(C)c2)cc1. The Balaban J connectivity index is 1.99. The number of nitrogens with one attached hydrogen (secondary N) is 1. The number of carbonyl (C=O) groups excluding carboxylic acids is 1. The molecule has 2 aromatic carbocycles. The second kappa shape index (κ2) is 9.42. The van der Waals surface area contributed by atoms with Crippen molar-refractivity contribution >= 4 is 5.91 Å². The minimum Gasteiger partial charge on any atom is -0.497 e. The van der Waals surface area contributed by atoms with Crippen molar-refractivity contribution in [1.82, 2.24) is 5.32 Å². The van der Waals surface area contributed by atoms with Crippen LogP contribution >= 0.6 is 0 Å². The summed E-state index contributed by atoms with van der Waals surface area (Å²) in [6, 6.07) is 14.4. The van der Waals surface area contributed by atoms with Crippen LogP contribution in [0.15, 0.2) is 42.5 Å². The maximum Gasteiger partial charge on any atom is 0.220 e. The second-order valence-corrected chi connectivity index (χ2v) is 7.44. The fraction of sp³-hybridized carbons (Fsp3) is 0.435. The van der Waals surface area contributed by atoms with Crippen molar-refractivity contribution in [2.45, 2.75) is 53.0 Å². The highest BCUT2D eigenvalue weighted by molar-refractivity contribution is 5.76. The van der Waals surface area contributed by atoms with Gasteiger partial charge in [0.15, 0.2) is 0 Å². The number of benzene rings is 2. The van der Waals surface area contributed by atoms with Gasteiger partial charge in [-0.05, 0) is 67.0 Å². The van der Waals surface area contributed by atoms with Crippen molar-refractivity contribution in [2.75, 3.05) is 7.11 Å². The van der Waals surface area contributed by atoms with E-state index in [1.165, 1.54) is 16.7 Å². The lowest BCUT2D eigenvalue weighted by Crippen LogP contribution is -2.29. The summed E-state index contributed by atoms with van der Waals surface area (Å²) in [5, 5.41) is 3.22. The van der Waals surface area contributed by atoms with E-state index in [1.807, 2.05) is 24.3 Å². The Kier molecular flexibility index (Phi) is 7.26. The van der Waals surface area contributed by atoms with Crippen molar-refractivity contribution in [3.8, 4) is 5.75 Å². The molecule has 0 saturated heterocycles. The summed E-state index contributed by atoms with van der Waals surface area (Å²) >= 11 is 0. The summed E-state index contributed by atoms with van der Waals surface area (Å²) in [6.07, 6.45) is 2.19. The molecule has 0 aliphatic carbocycles. The van der Waals surface area contributed by atoms with Gasteiger partial charge in [0.2, 0.25) is 5.91 Å². The molecule has 0 unspecified atom stereocenters. The molecule has 0 radical (unpaired) electrons. The van der Waals surface area contributed by atoms with Crippen molar-refractivity contribution in [3.63, 3.8) is 0 Å². The first-order chi connectivity index (χ1) is 12.4. The van der Waals surface area contributed by atoms with Gasteiger partial charge in [-0.1, -0.05) is 44.2 Å². The molecule has 0 fully saturated rings. The van der Waals surface area contributed by atoms with Crippen LogP contribution in [0.4, 0.5) is 0 Å². The average Bonchev–Trinajstić information content (AvgIpc) is 2.62. The van der Waals surface area contributed by atoms with E-state index >= 15 is 0 Å². The molecule has 0 aliphatic heterocycles. The van der Waals surface area contributed by atoms with E-state index in [-0.39, 0.29) is 11.9 Å². The Labute approximate surface area is 157 Å². The summed E-state index contributed by atoms with van der Waals surface area (Å²) in [7, 11) is 1.66. The minimum absolute atomic E-state index is 0.0353. The second-order valence-electron chi connectivity index (χ2n) is 7.44. The number of aryl methyl sites for hydroxylation is 3. The van der Waals surface area contributed by atoms with Gasteiger partial charge in [0, 0.05) is 6.42 Å². The molecule has 1 amide bonds. The Morgan fingerprint density at radius 2 is 1.73 bits per heavy atom. The molecule has 0 heterocycles. The summed E-state index contributed by atoms with van der Waals surface area (Å²) in [5.74, 6) is 1.44. The van der Waals surface area contributed by atoms with Gasteiger partial charge in [0.1, 0.15) is 5.75 Å². The maximum absolute atomic E-state index is 12.5. The number of carbonyl (C=O) groups is 1. The van der Waals surface area contributed by atoms with Gasteiger partial charge in [0.05, 0.1) is 13.2 Å². The van der Waals surface area contributed by atoms with Crippen LogP contribution in [0.2, 0.25) is 0 Å². The quantitative estimate of drug-likeness (QED) is 0.713. The predicted molar refractivity (Wildman–Crippen MR) is 108 cm³/mol. The van der Waals surface area contributed by atoms with Gasteiger partial charge in [-0.15, -0.1) is 0 Å². The molecule has 3 nitrogen and oxygen atoms in total. The lowest BCUT2D eigenvalue weighted by atomic mass is 9.96. The van der Waals surface area contributed by atoms with E-state index in [9.17, 15) is 4.79 Å². The summed E-state index contributed by atoms with van der Waals surface area (Å²) in [5.41, 5.74) is 4.90. The van der Waals surface area contributed by atoms with Crippen LogP contribution < -0.4 is 10.1 Å². The molecule has 0 bridgehead atoms. The van der Waals surface area contributed by atoms with Gasteiger partial charge in [-0.3, -0.25) is 4.79 Å². The summed E-state index contributed by atoms with van der Waals surface area (Å²) in [4.78, 5) is 12.5. The molecule has 2 rings (SSSR count). The number of rotatable bonds is 8. The fourth-order valence-electron chi connectivity index (χ4n) is 3.07. The first kappa shape index (κ1) is 20.0. The number of amides is 1. The molecule has 1 N–H and O–H groups in total. The zero-order valence-electron chi connectivity index (χ0n) is 16.6. The smallest absolute Gasteiger partial charge is 0.220 e. The Bertz CT molecular complexity index is 719. The molecule has 0 saturated carbocycles. The van der Waals surface area contributed by atoms with Crippen molar-refractivity contribution < 1.29 is 9.53 Å². The lowest BCUT2D eigenvalue weighted by Gasteiger charge is -2.21. The van der Waals surface area contributed by atoms with Gasteiger partial charge in [-0.2, -0.15) is 0 Å². The van der Waals surface area contributed by atoms with Crippen LogP contribution in [-0.4, -0.2) is 13.0 Å². The van der Waals surface area contributed by atoms with Crippen LogP contribution in [0.1, 0.15) is 55.0 Å². The highest BCUT2D eigenvalue weighted by Crippen LogP contribution is 2.24. The van der Waals surface area contributed by atoms with Crippen LogP contribution in [0.25, 0.3) is 0 Å². The van der Waals surface area contributed by atoms with Crippen LogP contribution in [0.5, 0.6) is 5.75 Å². The van der Waals surface area contributed by atoms with Crippen molar-refractivity contribution in [2.24, 2.45) is 5.92 Å². The van der Waals surface area contributed by atoms with Crippen molar-refractivity contribution in [1.29, 1.82) is 0 Å². The van der Waals surface area contributed by atoms with Crippen LogP contribution in [-0.2, 0) is 11.2 Å². The lowest BCUT2D eigenvalue weighted by molar-refractivity contribution is -0.121. The molecule has 26 heavy (non-hydrogen) atoms. The molecular formula is C23H31NO2. The van der Waals surface area contributed by atoms with Crippen LogP contribution in [0.3, 0.4) is 0 Å². The van der Waals surface area contributed by atoms with E-state index in [0.717, 1.165) is 24.2 Å². The zero-order chi connectivity index (χ0) is 19.1. The highest BCUT2D eigenvalue weighted by atomic mass is 16.5. The fourth-order valence-corrected chi connectivity index (χ4v) is 3.07. The van der Waals surface area contributed by atoms with Gasteiger partial charge < -0.3 is 10.1 Å². The standard InChI is InChI=1S/C23H31NO2/c1-16(2)14-22(20-9-11-21(26-5)12-10-20)24-23(25)13-8-19-7-6-17(3)18(4)15-19/h6-7,9-12,15-16,22H,8,13-14H2,1-5H3,(H,24,25)/t22-/m1/s1. The number of ether oxygens (including phenoxy) is 1. The number of methoxy groups -OCH3 is 1. The molecule has 0 aromatic heterocycles. The Morgan fingerprint density at radius 3 is 2.31 bits per heavy atom. The number of hydrogen-bond donors (Lipinski definition) is 1. The zero-order valence-corrected chi connectivity index (χ0v) is 16.6. The van der Waals surface area contributed by atoms with Gasteiger partial charge >= 0.3 is 0 Å². The molecule has 1 atom stereocenters. The first-order valence-electron chi connectivity index (χ1n) is 9.38. The predicted octanol–water partition coefficient (Wildman–Crippen LogP) is 5.15. The van der Waals surface area contributed by atoms with Crippen molar-refractivity contribution in [3.05, 3.63) is 64.7 Å². The average molecular weight is 354 g/mol. The molecule has 140 valence electrons. The first-order valence-corrected chi connectivity index (χ1v) is 9.38. The third-order valence-electron chi connectivity index (χ3n) is 4.77. The maximum atomic E-state index is 12.5. The van der Waals surface area contributed by atoms with E-state index in [2.05, 4.69) is 51.2 Å². The summed E-state index contributed by atoms with van der Waals surface area (Å²) in [6.45, 7) is 8.58. The highest BCUT2D eigenvalue weighted by Gasteiger charge is 2.16. The topological polar surface area (TPSA) is 38.3 Å². The molecular weight excluding hydrogens is 322 g/mol. The normalized spacial score (nSPS) is 12.1. The molecule has 2 aromatic rings. The largest absolute Gasteiger partial charge is 0.497 e. The molecule has 0 spiro atoms. The van der Waals surface area contributed by atoms with E-state index in [4.69, 9.17) is 4.74 Å². The van der Waals surface area contributed by atoms with Crippen LogP contribution in [0, 0.1) is 19.8 Å². The molecule has 0 aliphatic rings. The molecule has 3 heteroatoms. The van der Waals surface area contributed by atoms with Gasteiger partial charge in [0.25, 0.3) is 0 Å². The Hall–Kier alpha value is -2.29. The van der Waals surface area contributed by atoms with Gasteiger partial charge in [-0.25, -0.2) is 0 Å². The minimum atomic E-state index is 0.0353. The Morgan fingerprint density at radius 1 is 1.04 bits per heavy atom. The van der Waals surface area contributed by atoms with E-state index in [1.54, 1.807) is 7.11 Å².